The van der Waals surface area contributed by atoms with E-state index >= 15 is 0 Å². The summed E-state index contributed by atoms with van der Waals surface area (Å²) in [6.45, 7) is 1.61. The first-order chi connectivity index (χ1) is 13.1. The predicted octanol–water partition coefficient (Wildman–Crippen LogP) is 4.38. The van der Waals surface area contributed by atoms with Gasteiger partial charge in [-0.05, 0) is 42.7 Å². The molecule has 3 aromatic rings. The summed E-state index contributed by atoms with van der Waals surface area (Å²) in [5.74, 6) is -0.876. The maximum atomic E-state index is 12.2. The Morgan fingerprint density at radius 2 is 1.52 bits per heavy atom. The fourth-order valence-corrected chi connectivity index (χ4v) is 2.70. The van der Waals surface area contributed by atoms with E-state index in [1.54, 1.807) is 12.1 Å². The number of ether oxygens (including phenoxy) is 1. The minimum Gasteiger partial charge on any atom is -0.452 e. The van der Waals surface area contributed by atoms with Crippen molar-refractivity contribution in [1.29, 1.82) is 0 Å². The highest BCUT2D eigenvalue weighted by molar-refractivity contribution is 5.96. The molecule has 0 unspecified atom stereocenters. The molecule has 136 valence electrons. The van der Waals surface area contributed by atoms with E-state index in [0.717, 1.165) is 22.4 Å². The number of esters is 1. The molecule has 0 saturated carbocycles. The number of hydrogen-bond donors (Lipinski definition) is 1. The van der Waals surface area contributed by atoms with Crippen LogP contribution in [0, 0.1) is 6.92 Å². The number of carbonyl (C=O) groups is 2. The average molecular weight is 359 g/mol. The normalized spacial score (nSPS) is 10.3. The Labute approximate surface area is 158 Å². The first-order valence-corrected chi connectivity index (χ1v) is 8.77. The molecule has 1 amide bonds. The lowest BCUT2D eigenvalue weighted by Gasteiger charge is -2.11. The number of amides is 1. The maximum absolute atomic E-state index is 12.2. The Morgan fingerprint density at radius 3 is 2.26 bits per heavy atom. The Bertz CT molecular complexity index is 918. The average Bonchev–Trinajstić information content (AvgIpc) is 2.69. The van der Waals surface area contributed by atoms with Crippen molar-refractivity contribution in [3.8, 4) is 0 Å². The molecular weight excluding hydrogens is 338 g/mol. The molecule has 0 aliphatic carbocycles. The third-order valence-corrected chi connectivity index (χ3v) is 4.15. The monoisotopic (exact) mass is 359 g/mol. The second-order valence-electron chi connectivity index (χ2n) is 6.31. The van der Waals surface area contributed by atoms with E-state index in [0.29, 0.717) is 12.0 Å². The zero-order valence-electron chi connectivity index (χ0n) is 15.1. The number of anilines is 1. The summed E-state index contributed by atoms with van der Waals surface area (Å²) in [4.78, 5) is 24.2. The van der Waals surface area contributed by atoms with Crippen LogP contribution in [0.4, 0.5) is 5.69 Å². The van der Waals surface area contributed by atoms with Crippen molar-refractivity contribution in [2.24, 2.45) is 0 Å². The van der Waals surface area contributed by atoms with Crippen molar-refractivity contribution in [1.82, 2.24) is 0 Å². The second-order valence-corrected chi connectivity index (χ2v) is 6.31. The Balaban J connectivity index is 1.59. The van der Waals surface area contributed by atoms with Crippen LogP contribution in [0.25, 0.3) is 0 Å². The maximum Gasteiger partial charge on any atom is 0.338 e. The summed E-state index contributed by atoms with van der Waals surface area (Å²) in [5.41, 5.74) is 4.36. The second kappa shape index (κ2) is 8.81. The number of nitrogens with one attached hydrogen (secondary N) is 1. The van der Waals surface area contributed by atoms with Crippen molar-refractivity contribution in [3.63, 3.8) is 0 Å². The van der Waals surface area contributed by atoms with Gasteiger partial charge in [0, 0.05) is 5.69 Å². The quantitative estimate of drug-likeness (QED) is 0.665. The van der Waals surface area contributed by atoms with Crippen molar-refractivity contribution in [2.75, 3.05) is 11.9 Å². The number of benzene rings is 3. The van der Waals surface area contributed by atoms with Crippen molar-refractivity contribution in [3.05, 3.63) is 101 Å². The smallest absolute Gasteiger partial charge is 0.338 e. The Kier molecular flexibility index (Phi) is 6.00. The highest BCUT2D eigenvalue weighted by atomic mass is 16.5. The van der Waals surface area contributed by atoms with Crippen LogP contribution >= 0.6 is 0 Å². The van der Waals surface area contributed by atoms with Gasteiger partial charge in [0.1, 0.15) is 0 Å². The SMILES string of the molecule is Cc1ccc(C(=O)OCC(=O)Nc2ccccc2Cc2ccccc2)cc1. The molecule has 0 aromatic heterocycles. The van der Waals surface area contributed by atoms with E-state index in [4.69, 9.17) is 4.74 Å². The van der Waals surface area contributed by atoms with Gasteiger partial charge < -0.3 is 10.1 Å². The number of para-hydroxylation sites is 1. The molecule has 0 aliphatic heterocycles. The molecule has 3 rings (SSSR count). The summed E-state index contributed by atoms with van der Waals surface area (Å²) in [5, 5.41) is 2.83. The molecule has 4 heteroatoms. The van der Waals surface area contributed by atoms with Gasteiger partial charge in [0.2, 0.25) is 0 Å². The summed E-state index contributed by atoms with van der Waals surface area (Å²) in [6.07, 6.45) is 0.709. The van der Waals surface area contributed by atoms with Gasteiger partial charge in [-0.15, -0.1) is 0 Å². The lowest BCUT2D eigenvalue weighted by atomic mass is 10.0. The van der Waals surface area contributed by atoms with Gasteiger partial charge in [0.05, 0.1) is 5.56 Å². The summed E-state index contributed by atoms with van der Waals surface area (Å²) in [6, 6.07) is 24.7. The molecule has 3 aromatic carbocycles. The minimum atomic E-state index is -0.511. The zero-order chi connectivity index (χ0) is 19.1. The van der Waals surface area contributed by atoms with Crippen LogP contribution in [-0.4, -0.2) is 18.5 Å². The molecule has 0 radical (unpaired) electrons. The van der Waals surface area contributed by atoms with E-state index in [1.165, 1.54) is 0 Å². The number of hydrogen-bond acceptors (Lipinski definition) is 3. The first kappa shape index (κ1) is 18.4. The summed E-state index contributed by atoms with van der Waals surface area (Å²) < 4.78 is 5.11. The van der Waals surface area contributed by atoms with Gasteiger partial charge in [0.25, 0.3) is 5.91 Å². The van der Waals surface area contributed by atoms with E-state index in [9.17, 15) is 9.59 Å². The molecule has 1 N–H and O–H groups in total. The first-order valence-electron chi connectivity index (χ1n) is 8.77. The molecule has 0 spiro atoms. The molecular formula is C23H21NO3. The number of aryl methyl sites for hydroxylation is 1. The molecule has 0 atom stereocenters. The van der Waals surface area contributed by atoms with Crippen molar-refractivity contribution < 1.29 is 14.3 Å². The van der Waals surface area contributed by atoms with Crippen molar-refractivity contribution in [2.45, 2.75) is 13.3 Å². The Hall–Kier alpha value is -3.40. The summed E-state index contributed by atoms with van der Waals surface area (Å²) >= 11 is 0. The molecule has 0 heterocycles. The van der Waals surface area contributed by atoms with Crippen LogP contribution in [-0.2, 0) is 16.0 Å². The van der Waals surface area contributed by atoms with E-state index < -0.39 is 5.97 Å². The standard InChI is InChI=1S/C23H21NO3/c1-17-11-13-19(14-12-17)23(26)27-16-22(25)24-21-10-6-5-9-20(21)15-18-7-3-2-4-8-18/h2-14H,15-16H2,1H3,(H,24,25). The largest absolute Gasteiger partial charge is 0.452 e. The topological polar surface area (TPSA) is 55.4 Å². The van der Waals surface area contributed by atoms with E-state index in [2.05, 4.69) is 5.32 Å². The molecule has 0 aliphatic rings. The summed E-state index contributed by atoms with van der Waals surface area (Å²) in [7, 11) is 0. The Morgan fingerprint density at radius 1 is 0.852 bits per heavy atom. The van der Waals surface area contributed by atoms with Gasteiger partial charge in [-0.2, -0.15) is 0 Å². The van der Waals surface area contributed by atoms with Crippen LogP contribution in [0.2, 0.25) is 0 Å². The van der Waals surface area contributed by atoms with Crippen LogP contribution in [0.3, 0.4) is 0 Å². The zero-order valence-corrected chi connectivity index (χ0v) is 15.1. The molecule has 27 heavy (non-hydrogen) atoms. The van der Waals surface area contributed by atoms with Gasteiger partial charge in [-0.25, -0.2) is 4.79 Å². The molecule has 0 bridgehead atoms. The fourth-order valence-electron chi connectivity index (χ4n) is 2.70. The minimum absolute atomic E-state index is 0.327. The highest BCUT2D eigenvalue weighted by Crippen LogP contribution is 2.19. The van der Waals surface area contributed by atoms with E-state index in [1.807, 2.05) is 73.7 Å². The number of carbonyl (C=O) groups excluding carboxylic acids is 2. The van der Waals surface area contributed by atoms with Crippen LogP contribution in [0.5, 0.6) is 0 Å². The van der Waals surface area contributed by atoms with Gasteiger partial charge in [0.15, 0.2) is 6.61 Å². The van der Waals surface area contributed by atoms with Gasteiger partial charge in [-0.3, -0.25) is 4.79 Å². The third-order valence-electron chi connectivity index (χ3n) is 4.15. The van der Waals surface area contributed by atoms with E-state index in [-0.39, 0.29) is 12.5 Å². The van der Waals surface area contributed by atoms with Crippen LogP contribution < -0.4 is 5.32 Å². The van der Waals surface area contributed by atoms with Crippen LogP contribution in [0.1, 0.15) is 27.0 Å². The number of rotatable bonds is 6. The highest BCUT2D eigenvalue weighted by Gasteiger charge is 2.12. The lowest BCUT2D eigenvalue weighted by Crippen LogP contribution is -2.21. The van der Waals surface area contributed by atoms with Crippen LogP contribution in [0.15, 0.2) is 78.9 Å². The van der Waals surface area contributed by atoms with Gasteiger partial charge in [-0.1, -0.05) is 66.2 Å². The molecule has 0 fully saturated rings. The molecule has 4 nitrogen and oxygen atoms in total. The van der Waals surface area contributed by atoms with Gasteiger partial charge >= 0.3 is 5.97 Å². The molecule has 0 saturated heterocycles. The third kappa shape index (κ3) is 5.28. The predicted molar refractivity (Wildman–Crippen MR) is 106 cm³/mol. The van der Waals surface area contributed by atoms with Crippen molar-refractivity contribution >= 4 is 17.6 Å². The fraction of sp³-hybridized carbons (Fsp3) is 0.130. The lowest BCUT2D eigenvalue weighted by molar-refractivity contribution is -0.119.